The molecule has 0 fully saturated rings. The molecular formula is C12H23Cl3O. The molecule has 1 unspecified atom stereocenters. The van der Waals surface area contributed by atoms with Crippen LogP contribution in [-0.2, 0) is 0 Å². The van der Waals surface area contributed by atoms with Gasteiger partial charge < -0.3 is 5.11 Å². The van der Waals surface area contributed by atoms with Crippen molar-refractivity contribution in [2.24, 2.45) is 0 Å². The number of unbranched alkanes of at least 4 members (excludes halogenated alkanes) is 7. The van der Waals surface area contributed by atoms with E-state index in [1.165, 1.54) is 38.5 Å². The van der Waals surface area contributed by atoms with Gasteiger partial charge in [0.15, 0.2) is 0 Å². The van der Waals surface area contributed by atoms with Crippen LogP contribution in [0.2, 0.25) is 0 Å². The van der Waals surface area contributed by atoms with Crippen molar-refractivity contribution in [3.8, 4) is 0 Å². The first kappa shape index (κ1) is 16.8. The first-order chi connectivity index (χ1) is 7.63. The Bertz CT molecular complexity index is 124. The Kier molecular flexibility index (Phi) is 12.9. The second kappa shape index (κ2) is 12.3. The first-order valence-corrected chi connectivity index (χ1v) is 7.54. The smallest absolute Gasteiger partial charge is 0.128 e. The van der Waals surface area contributed by atoms with Gasteiger partial charge in [-0.25, -0.2) is 0 Å². The highest BCUT2D eigenvalue weighted by atomic mass is 35.5. The van der Waals surface area contributed by atoms with Gasteiger partial charge in [0.05, 0.1) is 0 Å². The Morgan fingerprint density at radius 3 is 1.38 bits per heavy atom. The summed E-state index contributed by atoms with van der Waals surface area (Å²) < 4.78 is 0. The lowest BCUT2D eigenvalue weighted by Crippen LogP contribution is -1.94. The van der Waals surface area contributed by atoms with Gasteiger partial charge in [0, 0.05) is 0 Å². The molecule has 0 rings (SSSR count). The second-order valence-electron chi connectivity index (χ2n) is 4.23. The molecular weight excluding hydrogens is 266 g/mol. The summed E-state index contributed by atoms with van der Waals surface area (Å²) in [7, 11) is 0. The predicted octanol–water partition coefficient (Wildman–Crippen LogP) is 5.25. The summed E-state index contributed by atoms with van der Waals surface area (Å²) in [5.41, 5.74) is -0.654. The van der Waals surface area contributed by atoms with E-state index >= 15 is 0 Å². The molecule has 16 heavy (non-hydrogen) atoms. The fourth-order valence-electron chi connectivity index (χ4n) is 1.67. The molecule has 0 heterocycles. The number of aliphatic hydroxyl groups excluding tert-OH is 1. The van der Waals surface area contributed by atoms with Gasteiger partial charge >= 0.3 is 0 Å². The molecule has 0 aromatic rings. The largest absolute Gasteiger partial charge is 0.378 e. The van der Waals surface area contributed by atoms with Crippen molar-refractivity contribution in [1.82, 2.24) is 0 Å². The van der Waals surface area contributed by atoms with Gasteiger partial charge in [-0.2, -0.15) is 0 Å². The molecule has 0 aromatic heterocycles. The third-order valence-corrected chi connectivity index (χ3v) is 3.27. The standard InChI is InChI=1S/C12H23Cl3O/c13-11(14)9-7-5-3-1-2-4-6-8-10-12(15)16/h11-12,16H,1-10H2. The minimum Gasteiger partial charge on any atom is -0.378 e. The monoisotopic (exact) mass is 288 g/mol. The van der Waals surface area contributed by atoms with Crippen LogP contribution in [-0.4, -0.2) is 15.5 Å². The molecule has 0 aromatic carbocycles. The number of rotatable bonds is 11. The van der Waals surface area contributed by atoms with Crippen molar-refractivity contribution in [3.63, 3.8) is 0 Å². The lowest BCUT2D eigenvalue weighted by atomic mass is 10.1. The van der Waals surface area contributed by atoms with Crippen LogP contribution < -0.4 is 0 Å². The van der Waals surface area contributed by atoms with Gasteiger partial charge in [-0.15, -0.1) is 23.2 Å². The molecule has 0 saturated carbocycles. The molecule has 1 N–H and O–H groups in total. The van der Waals surface area contributed by atoms with Crippen molar-refractivity contribution in [1.29, 1.82) is 0 Å². The third kappa shape index (κ3) is 14.8. The molecule has 0 aliphatic heterocycles. The molecule has 0 spiro atoms. The number of hydrogen-bond acceptors (Lipinski definition) is 1. The summed E-state index contributed by atoms with van der Waals surface area (Å²) in [5.74, 6) is 0. The zero-order chi connectivity index (χ0) is 12.2. The van der Waals surface area contributed by atoms with E-state index in [2.05, 4.69) is 0 Å². The van der Waals surface area contributed by atoms with Gasteiger partial charge in [-0.1, -0.05) is 56.5 Å². The lowest BCUT2D eigenvalue weighted by Gasteiger charge is -2.03. The number of alkyl halides is 3. The average Bonchev–Trinajstić information content (AvgIpc) is 2.20. The molecule has 1 nitrogen and oxygen atoms in total. The molecule has 1 atom stereocenters. The van der Waals surface area contributed by atoms with Crippen LogP contribution in [0.25, 0.3) is 0 Å². The van der Waals surface area contributed by atoms with Crippen LogP contribution in [0.3, 0.4) is 0 Å². The Morgan fingerprint density at radius 1 is 0.625 bits per heavy atom. The number of hydrogen-bond donors (Lipinski definition) is 1. The zero-order valence-electron chi connectivity index (χ0n) is 9.81. The highest BCUT2D eigenvalue weighted by molar-refractivity contribution is 6.44. The van der Waals surface area contributed by atoms with Gasteiger partial charge in [-0.3, -0.25) is 0 Å². The summed E-state index contributed by atoms with van der Waals surface area (Å²) in [6.45, 7) is 0. The Hall–Kier alpha value is 0.830. The Labute approximate surface area is 114 Å². The Balaban J connectivity index is 2.93. The van der Waals surface area contributed by atoms with Crippen LogP contribution in [0, 0.1) is 0 Å². The van der Waals surface area contributed by atoms with Crippen molar-refractivity contribution < 1.29 is 5.11 Å². The summed E-state index contributed by atoms with van der Waals surface area (Å²) in [4.78, 5) is -0.193. The second-order valence-corrected chi connectivity index (χ2v) is 6.01. The highest BCUT2D eigenvalue weighted by Crippen LogP contribution is 2.15. The summed E-state index contributed by atoms with van der Waals surface area (Å²) in [6, 6.07) is 0. The number of aliphatic hydroxyl groups is 1. The lowest BCUT2D eigenvalue weighted by molar-refractivity contribution is 0.240. The molecule has 0 amide bonds. The predicted molar refractivity (Wildman–Crippen MR) is 73.5 cm³/mol. The molecule has 98 valence electrons. The molecule has 4 heteroatoms. The summed E-state index contributed by atoms with van der Waals surface area (Å²) >= 11 is 16.7. The maximum atomic E-state index is 8.84. The van der Waals surface area contributed by atoms with E-state index in [0.29, 0.717) is 6.42 Å². The van der Waals surface area contributed by atoms with Gasteiger partial charge in [0.25, 0.3) is 0 Å². The SMILES string of the molecule is OC(Cl)CCCCCCCCCCC(Cl)Cl. The third-order valence-electron chi connectivity index (χ3n) is 2.61. The summed E-state index contributed by atoms with van der Waals surface area (Å²) in [6.07, 6.45) is 11.3. The Morgan fingerprint density at radius 2 is 1.00 bits per heavy atom. The van der Waals surface area contributed by atoms with Crippen LogP contribution in [0.15, 0.2) is 0 Å². The van der Waals surface area contributed by atoms with E-state index < -0.39 is 5.56 Å². The first-order valence-electron chi connectivity index (χ1n) is 6.23. The van der Waals surface area contributed by atoms with Crippen LogP contribution >= 0.6 is 34.8 Å². The quantitative estimate of drug-likeness (QED) is 0.407. The van der Waals surface area contributed by atoms with E-state index in [9.17, 15) is 0 Å². The molecule has 0 saturated heterocycles. The van der Waals surface area contributed by atoms with Crippen molar-refractivity contribution >= 4 is 34.8 Å². The summed E-state index contributed by atoms with van der Waals surface area (Å²) in [5, 5.41) is 8.84. The van der Waals surface area contributed by atoms with Crippen molar-refractivity contribution in [2.75, 3.05) is 0 Å². The van der Waals surface area contributed by atoms with Crippen LogP contribution in [0.4, 0.5) is 0 Å². The van der Waals surface area contributed by atoms with Gasteiger partial charge in [-0.05, 0) is 19.3 Å². The normalized spacial score (nSPS) is 13.3. The van der Waals surface area contributed by atoms with E-state index in [1.54, 1.807) is 0 Å². The van der Waals surface area contributed by atoms with Crippen molar-refractivity contribution in [3.05, 3.63) is 0 Å². The minimum absolute atomic E-state index is 0.193. The maximum absolute atomic E-state index is 8.84. The van der Waals surface area contributed by atoms with E-state index in [1.807, 2.05) is 0 Å². The van der Waals surface area contributed by atoms with Crippen LogP contribution in [0.1, 0.15) is 64.2 Å². The van der Waals surface area contributed by atoms with Crippen molar-refractivity contribution in [2.45, 2.75) is 74.6 Å². The molecule has 0 radical (unpaired) electrons. The molecule has 0 aliphatic rings. The average molecular weight is 290 g/mol. The van der Waals surface area contributed by atoms with Gasteiger partial charge in [0.1, 0.15) is 10.4 Å². The zero-order valence-corrected chi connectivity index (χ0v) is 12.1. The minimum atomic E-state index is -0.654. The molecule has 0 bridgehead atoms. The topological polar surface area (TPSA) is 20.2 Å². The van der Waals surface area contributed by atoms with E-state index in [0.717, 1.165) is 19.3 Å². The van der Waals surface area contributed by atoms with Gasteiger partial charge in [0.2, 0.25) is 0 Å². The van der Waals surface area contributed by atoms with E-state index in [4.69, 9.17) is 39.9 Å². The van der Waals surface area contributed by atoms with E-state index in [-0.39, 0.29) is 4.84 Å². The number of halogens is 3. The highest BCUT2D eigenvalue weighted by Gasteiger charge is 1.99. The maximum Gasteiger partial charge on any atom is 0.128 e. The fraction of sp³-hybridized carbons (Fsp3) is 1.00. The molecule has 0 aliphatic carbocycles. The fourth-order valence-corrected chi connectivity index (χ4v) is 2.13. The van der Waals surface area contributed by atoms with Crippen LogP contribution in [0.5, 0.6) is 0 Å².